The molecular weight excluding hydrogens is 420 g/mol. The number of carbonyl (C=O) groups excluding carboxylic acids is 1. The van der Waals surface area contributed by atoms with Gasteiger partial charge in [0.2, 0.25) is 15.9 Å². The monoisotopic (exact) mass is 440 g/mol. The zero-order chi connectivity index (χ0) is 21.2. The van der Waals surface area contributed by atoms with Crippen LogP contribution >= 0.6 is 11.6 Å². The van der Waals surface area contributed by atoms with Crippen molar-refractivity contribution in [2.24, 2.45) is 0 Å². The van der Waals surface area contributed by atoms with E-state index in [1.165, 1.54) is 39.4 Å². The predicted octanol–water partition coefficient (Wildman–Crippen LogP) is 2.55. The molecule has 0 radical (unpaired) electrons. The Labute approximate surface area is 174 Å². The van der Waals surface area contributed by atoms with Crippen LogP contribution in [0.25, 0.3) is 0 Å². The molecule has 0 aliphatic carbocycles. The van der Waals surface area contributed by atoms with Gasteiger partial charge in [0.1, 0.15) is 19.0 Å². The summed E-state index contributed by atoms with van der Waals surface area (Å²) in [6.45, 7) is 0.821. The summed E-state index contributed by atoms with van der Waals surface area (Å²) >= 11 is 6.21. The SMILES string of the molecule is COc1ccc(S(=O)(=O)N(C)C)cc1NC(=O)Cc1cc(Cl)c2c(c1)OCCO2. The molecule has 8 nitrogen and oxygen atoms in total. The van der Waals surface area contributed by atoms with Gasteiger partial charge >= 0.3 is 0 Å². The number of hydrogen-bond acceptors (Lipinski definition) is 6. The molecule has 0 unspecified atom stereocenters. The Hall–Kier alpha value is -2.49. The summed E-state index contributed by atoms with van der Waals surface area (Å²) in [5, 5.41) is 3.06. The minimum Gasteiger partial charge on any atom is -0.495 e. The van der Waals surface area contributed by atoms with Gasteiger partial charge in [-0.3, -0.25) is 4.79 Å². The lowest BCUT2D eigenvalue weighted by Crippen LogP contribution is -2.22. The van der Waals surface area contributed by atoms with Gasteiger partial charge in [0.15, 0.2) is 11.5 Å². The fraction of sp³-hybridized carbons (Fsp3) is 0.316. The van der Waals surface area contributed by atoms with Crippen molar-refractivity contribution in [2.75, 3.05) is 39.7 Å². The number of halogens is 1. The van der Waals surface area contributed by atoms with E-state index in [4.69, 9.17) is 25.8 Å². The predicted molar refractivity (Wildman–Crippen MR) is 109 cm³/mol. The first-order valence-electron chi connectivity index (χ1n) is 8.71. The minimum absolute atomic E-state index is 0.00414. The maximum atomic E-state index is 12.6. The lowest BCUT2D eigenvalue weighted by atomic mass is 10.1. The number of hydrogen-bond donors (Lipinski definition) is 1. The van der Waals surface area contributed by atoms with Crippen LogP contribution in [0.5, 0.6) is 17.2 Å². The molecule has 0 bridgehead atoms. The number of carbonyl (C=O) groups is 1. The second kappa shape index (κ2) is 8.48. The fourth-order valence-corrected chi connectivity index (χ4v) is 4.02. The highest BCUT2D eigenvalue weighted by atomic mass is 35.5. The molecule has 0 fully saturated rings. The molecular formula is C19H21ClN2O6S. The maximum Gasteiger partial charge on any atom is 0.242 e. The number of sulfonamides is 1. The first-order chi connectivity index (χ1) is 13.7. The van der Waals surface area contributed by atoms with Crippen LogP contribution in [0.3, 0.4) is 0 Å². The number of amides is 1. The van der Waals surface area contributed by atoms with Crippen LogP contribution in [0.2, 0.25) is 5.02 Å². The Morgan fingerprint density at radius 1 is 1.21 bits per heavy atom. The second-order valence-corrected chi connectivity index (χ2v) is 9.04. The normalized spacial score (nSPS) is 13.3. The van der Waals surface area contributed by atoms with E-state index in [1.807, 2.05) is 0 Å². The molecule has 1 amide bonds. The van der Waals surface area contributed by atoms with Gasteiger partial charge < -0.3 is 19.5 Å². The number of methoxy groups -OCH3 is 1. The van der Waals surface area contributed by atoms with Crippen LogP contribution in [-0.4, -0.2) is 53.0 Å². The summed E-state index contributed by atoms with van der Waals surface area (Å²) in [5.41, 5.74) is 0.886. The Kier molecular flexibility index (Phi) is 6.21. The molecule has 1 N–H and O–H groups in total. The van der Waals surface area contributed by atoms with Crippen LogP contribution in [0, 0.1) is 0 Å². The minimum atomic E-state index is -3.66. The van der Waals surface area contributed by atoms with Gasteiger partial charge in [0, 0.05) is 14.1 Å². The van der Waals surface area contributed by atoms with Crippen molar-refractivity contribution in [3.63, 3.8) is 0 Å². The number of anilines is 1. The highest BCUT2D eigenvalue weighted by Gasteiger charge is 2.21. The van der Waals surface area contributed by atoms with E-state index in [0.29, 0.717) is 41.0 Å². The second-order valence-electron chi connectivity index (χ2n) is 6.48. The first kappa shape index (κ1) is 21.2. The highest BCUT2D eigenvalue weighted by molar-refractivity contribution is 7.89. The lowest BCUT2D eigenvalue weighted by Gasteiger charge is -2.20. The van der Waals surface area contributed by atoms with Crippen molar-refractivity contribution >= 4 is 33.2 Å². The summed E-state index contributed by atoms with van der Waals surface area (Å²) in [6.07, 6.45) is 0.00414. The average Bonchev–Trinajstić information content (AvgIpc) is 2.67. The number of benzene rings is 2. The van der Waals surface area contributed by atoms with Crippen molar-refractivity contribution in [3.05, 3.63) is 40.9 Å². The summed E-state index contributed by atoms with van der Waals surface area (Å²) < 4.78 is 42.1. The van der Waals surface area contributed by atoms with Crippen molar-refractivity contribution in [1.82, 2.24) is 4.31 Å². The van der Waals surface area contributed by atoms with E-state index in [-0.39, 0.29) is 22.9 Å². The van der Waals surface area contributed by atoms with Crippen molar-refractivity contribution in [1.29, 1.82) is 0 Å². The molecule has 2 aromatic carbocycles. The largest absolute Gasteiger partial charge is 0.495 e. The Morgan fingerprint density at radius 3 is 2.62 bits per heavy atom. The molecule has 3 rings (SSSR count). The van der Waals surface area contributed by atoms with Crippen molar-refractivity contribution < 1.29 is 27.4 Å². The molecule has 0 aromatic heterocycles. The van der Waals surface area contributed by atoms with Gasteiger partial charge in [0.05, 0.1) is 29.1 Å². The zero-order valence-corrected chi connectivity index (χ0v) is 17.8. The third-order valence-electron chi connectivity index (χ3n) is 4.24. The van der Waals surface area contributed by atoms with E-state index >= 15 is 0 Å². The molecule has 0 atom stereocenters. The van der Waals surface area contributed by atoms with Gasteiger partial charge in [-0.15, -0.1) is 0 Å². The quantitative estimate of drug-likeness (QED) is 0.741. The third-order valence-corrected chi connectivity index (χ3v) is 6.34. The Bertz CT molecular complexity index is 1040. The maximum absolute atomic E-state index is 12.6. The number of nitrogens with zero attached hydrogens (tertiary/aromatic N) is 1. The standard InChI is InChI=1S/C19H21ClN2O6S/c1-22(2)29(24,25)13-4-5-16(26-3)15(11-13)21-18(23)10-12-8-14(20)19-17(9-12)27-6-7-28-19/h4-5,8-9,11H,6-7,10H2,1-3H3,(H,21,23). The van der Waals surface area contributed by atoms with Crippen LogP contribution < -0.4 is 19.5 Å². The summed E-state index contributed by atoms with van der Waals surface area (Å²) in [6, 6.07) is 7.61. The molecule has 0 saturated carbocycles. The molecule has 2 aromatic rings. The smallest absolute Gasteiger partial charge is 0.242 e. The van der Waals surface area contributed by atoms with Crippen molar-refractivity contribution in [2.45, 2.75) is 11.3 Å². The van der Waals surface area contributed by atoms with Crippen LogP contribution in [0.15, 0.2) is 35.2 Å². The van der Waals surface area contributed by atoms with Gasteiger partial charge in [0.25, 0.3) is 0 Å². The zero-order valence-electron chi connectivity index (χ0n) is 16.2. The van der Waals surface area contributed by atoms with Crippen LogP contribution in [0.4, 0.5) is 5.69 Å². The highest BCUT2D eigenvalue weighted by Crippen LogP contribution is 2.38. The van der Waals surface area contributed by atoms with Crippen LogP contribution in [0.1, 0.15) is 5.56 Å². The number of nitrogens with one attached hydrogen (secondary N) is 1. The fourth-order valence-electron chi connectivity index (χ4n) is 2.80. The molecule has 10 heteroatoms. The molecule has 1 heterocycles. The summed E-state index contributed by atoms with van der Waals surface area (Å²) in [5.74, 6) is 0.931. The third kappa shape index (κ3) is 4.58. The van der Waals surface area contributed by atoms with Gasteiger partial charge in [-0.2, -0.15) is 0 Å². The Morgan fingerprint density at radius 2 is 1.93 bits per heavy atom. The number of rotatable bonds is 6. The van der Waals surface area contributed by atoms with Gasteiger partial charge in [-0.25, -0.2) is 12.7 Å². The topological polar surface area (TPSA) is 94.2 Å². The first-order valence-corrected chi connectivity index (χ1v) is 10.5. The molecule has 1 aliphatic rings. The van der Waals surface area contributed by atoms with Crippen molar-refractivity contribution in [3.8, 4) is 17.2 Å². The lowest BCUT2D eigenvalue weighted by molar-refractivity contribution is -0.115. The van der Waals surface area contributed by atoms with Crippen LogP contribution in [-0.2, 0) is 21.2 Å². The molecule has 0 spiro atoms. The molecule has 0 saturated heterocycles. The van der Waals surface area contributed by atoms with E-state index in [1.54, 1.807) is 12.1 Å². The van der Waals surface area contributed by atoms with E-state index in [9.17, 15) is 13.2 Å². The molecule has 156 valence electrons. The van der Waals surface area contributed by atoms with E-state index in [0.717, 1.165) is 4.31 Å². The molecule has 29 heavy (non-hydrogen) atoms. The summed E-state index contributed by atoms with van der Waals surface area (Å²) in [4.78, 5) is 12.6. The van der Waals surface area contributed by atoms with Gasteiger partial charge in [-0.05, 0) is 35.9 Å². The number of fused-ring (bicyclic) bond motifs is 1. The van der Waals surface area contributed by atoms with E-state index in [2.05, 4.69) is 5.32 Å². The number of ether oxygens (including phenoxy) is 3. The Balaban J connectivity index is 1.83. The summed E-state index contributed by atoms with van der Waals surface area (Å²) in [7, 11) is 0.648. The molecule has 1 aliphatic heterocycles. The average molecular weight is 441 g/mol. The van der Waals surface area contributed by atoms with E-state index < -0.39 is 10.0 Å². The van der Waals surface area contributed by atoms with Gasteiger partial charge in [-0.1, -0.05) is 11.6 Å².